The second kappa shape index (κ2) is 8.38. The summed E-state index contributed by atoms with van der Waals surface area (Å²) in [6.07, 6.45) is 0.722. The van der Waals surface area contributed by atoms with Crippen molar-refractivity contribution < 1.29 is 13.2 Å². The quantitative estimate of drug-likeness (QED) is 0.732. The number of aliphatic imine (C=N–C) groups is 1. The predicted octanol–water partition coefficient (Wildman–Crippen LogP) is 2.99. The minimum absolute atomic E-state index is 0.0122. The minimum Gasteiger partial charge on any atom is -0.352 e. The van der Waals surface area contributed by atoms with Crippen LogP contribution in [0.4, 0.5) is 5.69 Å². The van der Waals surface area contributed by atoms with Crippen LogP contribution < -0.4 is 10.6 Å². The van der Waals surface area contributed by atoms with Crippen LogP contribution in [0.3, 0.4) is 0 Å². The van der Waals surface area contributed by atoms with Gasteiger partial charge in [-0.25, -0.2) is 8.42 Å². The molecule has 152 valence electrons. The molecular formula is C20H20ClN3O3S2. The Bertz CT molecular complexity index is 1050. The van der Waals surface area contributed by atoms with Gasteiger partial charge in [0.05, 0.1) is 17.5 Å². The summed E-state index contributed by atoms with van der Waals surface area (Å²) in [5.41, 5.74) is 2.41. The van der Waals surface area contributed by atoms with Crippen LogP contribution in [0.2, 0.25) is 5.02 Å². The topological polar surface area (TPSA) is 87.6 Å². The Kier molecular flexibility index (Phi) is 5.85. The highest BCUT2D eigenvalue weighted by Crippen LogP contribution is 2.34. The van der Waals surface area contributed by atoms with Crippen LogP contribution in [-0.4, -0.2) is 48.8 Å². The maximum Gasteiger partial charge on any atom is 0.251 e. The molecule has 1 saturated heterocycles. The number of hydrogen-bond acceptors (Lipinski definition) is 6. The molecule has 2 N–H and O–H groups in total. The van der Waals surface area contributed by atoms with Crippen molar-refractivity contribution in [3.8, 4) is 0 Å². The van der Waals surface area contributed by atoms with Crippen LogP contribution in [0.15, 0.2) is 53.5 Å². The first-order valence-corrected chi connectivity index (χ1v) is 12.3. The van der Waals surface area contributed by atoms with E-state index < -0.39 is 9.84 Å². The number of nitrogens with zero attached hydrogens (tertiary/aromatic N) is 1. The fourth-order valence-electron chi connectivity index (χ4n) is 3.35. The van der Waals surface area contributed by atoms with Gasteiger partial charge in [-0.2, -0.15) is 0 Å². The lowest BCUT2D eigenvalue weighted by molar-refractivity contribution is 0.0954. The zero-order valence-electron chi connectivity index (χ0n) is 15.5. The second-order valence-electron chi connectivity index (χ2n) is 7.07. The summed E-state index contributed by atoms with van der Waals surface area (Å²) >= 11 is 7.33. The number of rotatable bonds is 5. The molecule has 2 aliphatic heterocycles. The fraction of sp³-hybridized carbons (Fsp3) is 0.300. The third-order valence-corrected chi connectivity index (χ3v) is 8.20. The highest BCUT2D eigenvalue weighted by molar-refractivity contribution is 8.15. The first kappa shape index (κ1) is 20.3. The van der Waals surface area contributed by atoms with Crippen molar-refractivity contribution in [2.75, 3.05) is 23.4 Å². The van der Waals surface area contributed by atoms with E-state index in [1.807, 2.05) is 36.4 Å². The van der Waals surface area contributed by atoms with Gasteiger partial charge in [0.25, 0.3) is 5.91 Å². The van der Waals surface area contributed by atoms with E-state index in [1.54, 1.807) is 12.1 Å². The maximum absolute atomic E-state index is 12.4. The summed E-state index contributed by atoms with van der Waals surface area (Å²) < 4.78 is 23.3. The predicted molar refractivity (Wildman–Crippen MR) is 119 cm³/mol. The van der Waals surface area contributed by atoms with Crippen molar-refractivity contribution >= 4 is 50.0 Å². The summed E-state index contributed by atoms with van der Waals surface area (Å²) in [4.78, 5) is 16.9. The largest absolute Gasteiger partial charge is 0.352 e. The van der Waals surface area contributed by atoms with Gasteiger partial charge in [-0.3, -0.25) is 9.79 Å². The monoisotopic (exact) mass is 449 g/mol. The minimum atomic E-state index is -2.97. The average molecular weight is 450 g/mol. The fourth-order valence-corrected chi connectivity index (χ4v) is 7.15. The lowest BCUT2D eigenvalue weighted by Crippen LogP contribution is -2.25. The van der Waals surface area contributed by atoms with Crippen LogP contribution in [0.25, 0.3) is 0 Å². The molecule has 2 atom stereocenters. The molecule has 2 aliphatic rings. The van der Waals surface area contributed by atoms with Gasteiger partial charge in [-0.1, -0.05) is 41.6 Å². The molecule has 6 nitrogen and oxygen atoms in total. The van der Waals surface area contributed by atoms with Gasteiger partial charge in [-0.15, -0.1) is 0 Å². The molecule has 1 fully saturated rings. The van der Waals surface area contributed by atoms with Crippen LogP contribution in [0.1, 0.15) is 15.9 Å². The molecule has 9 heteroatoms. The van der Waals surface area contributed by atoms with E-state index in [0.29, 0.717) is 22.3 Å². The van der Waals surface area contributed by atoms with Crippen molar-refractivity contribution in [3.63, 3.8) is 0 Å². The normalized spacial score (nSPS) is 22.0. The Morgan fingerprint density at radius 3 is 2.72 bits per heavy atom. The van der Waals surface area contributed by atoms with Crippen LogP contribution in [0, 0.1) is 0 Å². The molecule has 0 aromatic heterocycles. The van der Waals surface area contributed by atoms with E-state index in [-0.39, 0.29) is 28.7 Å². The molecule has 2 aromatic carbocycles. The molecule has 1 amide bonds. The molecule has 4 rings (SSSR count). The zero-order chi connectivity index (χ0) is 20.4. The number of amides is 1. The average Bonchev–Trinajstić information content (AvgIpc) is 3.16. The summed E-state index contributed by atoms with van der Waals surface area (Å²) in [7, 11) is -2.97. The first-order chi connectivity index (χ1) is 13.9. The van der Waals surface area contributed by atoms with E-state index in [1.165, 1.54) is 11.8 Å². The summed E-state index contributed by atoms with van der Waals surface area (Å²) in [6.45, 7) is 0.526. The first-order valence-electron chi connectivity index (χ1n) is 9.23. The number of anilines is 1. The van der Waals surface area contributed by atoms with E-state index in [4.69, 9.17) is 11.6 Å². The third-order valence-electron chi connectivity index (χ3n) is 4.81. The van der Waals surface area contributed by atoms with Gasteiger partial charge in [0, 0.05) is 28.1 Å². The molecule has 0 saturated carbocycles. The summed E-state index contributed by atoms with van der Waals surface area (Å²) in [5, 5.41) is 7.51. The van der Waals surface area contributed by atoms with E-state index in [0.717, 1.165) is 17.7 Å². The number of nitrogens with one attached hydrogen (secondary N) is 2. The van der Waals surface area contributed by atoms with Crippen LogP contribution in [-0.2, 0) is 16.3 Å². The smallest absolute Gasteiger partial charge is 0.251 e. The number of fused-ring (bicyclic) bond motifs is 1. The van der Waals surface area contributed by atoms with Crippen LogP contribution in [0.5, 0.6) is 0 Å². The third kappa shape index (κ3) is 5.12. The molecule has 0 spiro atoms. The molecule has 2 aromatic rings. The number of carbonyl (C=O) groups excluding carboxylic acids is 1. The van der Waals surface area contributed by atoms with E-state index >= 15 is 0 Å². The Morgan fingerprint density at radius 1 is 1.17 bits per heavy atom. The van der Waals surface area contributed by atoms with E-state index in [9.17, 15) is 13.2 Å². The summed E-state index contributed by atoms with van der Waals surface area (Å²) in [6, 6.07) is 14.6. The van der Waals surface area contributed by atoms with Crippen molar-refractivity contribution in [2.24, 2.45) is 4.99 Å². The number of thioether (sulfide) groups is 1. The molecule has 0 unspecified atom stereocenters. The Hall–Kier alpha value is -2.03. The highest BCUT2D eigenvalue weighted by Gasteiger charge is 2.42. The van der Waals surface area contributed by atoms with E-state index in [2.05, 4.69) is 15.6 Å². The standard InChI is InChI=1S/C20H20ClN3O3S2/c21-15-6-4-13(5-7-15)8-9-22-19(25)14-2-1-3-16(10-14)23-20-24-17-11-29(26,27)12-18(17)28-20/h1-7,10,17-18H,8-9,11-12H2,(H,22,25)(H,23,24)/t17-,18+/m0/s1. The number of halogens is 1. The van der Waals surface area contributed by atoms with Gasteiger partial charge in [0.2, 0.25) is 0 Å². The molecule has 0 aliphatic carbocycles. The van der Waals surface area contributed by atoms with Crippen molar-refractivity contribution in [1.29, 1.82) is 0 Å². The number of sulfone groups is 1. The number of hydrogen-bond donors (Lipinski definition) is 2. The van der Waals surface area contributed by atoms with Gasteiger partial charge in [-0.05, 0) is 42.3 Å². The maximum atomic E-state index is 12.4. The summed E-state index contributed by atoms with van der Waals surface area (Å²) in [5.74, 6) is 0.144. The SMILES string of the molecule is O=C(NCCc1ccc(Cl)cc1)c1cccc(NC2=N[C@H]3CS(=O)(=O)C[C@H]3S2)c1. The van der Waals surface area contributed by atoms with Crippen molar-refractivity contribution in [1.82, 2.24) is 5.32 Å². The molecule has 2 heterocycles. The zero-order valence-corrected chi connectivity index (χ0v) is 17.9. The number of carbonyl (C=O) groups is 1. The Balaban J connectivity index is 1.32. The Labute approximate surface area is 179 Å². The number of amidine groups is 1. The van der Waals surface area contributed by atoms with Gasteiger partial charge < -0.3 is 10.6 Å². The van der Waals surface area contributed by atoms with Gasteiger partial charge in [0.15, 0.2) is 15.0 Å². The van der Waals surface area contributed by atoms with Gasteiger partial charge in [0.1, 0.15) is 0 Å². The Morgan fingerprint density at radius 2 is 1.97 bits per heavy atom. The van der Waals surface area contributed by atoms with Crippen molar-refractivity contribution in [2.45, 2.75) is 17.7 Å². The second-order valence-corrected chi connectivity index (χ2v) is 10.9. The van der Waals surface area contributed by atoms with Crippen molar-refractivity contribution in [3.05, 3.63) is 64.7 Å². The van der Waals surface area contributed by atoms with Crippen LogP contribution >= 0.6 is 23.4 Å². The molecule has 29 heavy (non-hydrogen) atoms. The lowest BCUT2D eigenvalue weighted by Gasteiger charge is -2.09. The highest BCUT2D eigenvalue weighted by atomic mass is 35.5. The molecule has 0 bridgehead atoms. The lowest BCUT2D eigenvalue weighted by atomic mass is 10.1. The number of benzene rings is 2. The molecule has 0 radical (unpaired) electrons. The van der Waals surface area contributed by atoms with Gasteiger partial charge >= 0.3 is 0 Å². The molecular weight excluding hydrogens is 430 g/mol.